The summed E-state index contributed by atoms with van der Waals surface area (Å²) in [4.78, 5) is 14.5. The van der Waals surface area contributed by atoms with Crippen molar-refractivity contribution in [1.29, 1.82) is 0 Å². The molecule has 1 amide bonds. The van der Waals surface area contributed by atoms with Crippen molar-refractivity contribution in [2.45, 2.75) is 32.1 Å². The molecular formula is C19H28BrN3O. The number of piperidine rings is 1. The highest BCUT2D eigenvalue weighted by Crippen LogP contribution is 2.26. The number of benzene rings is 1. The average molecular weight is 394 g/mol. The van der Waals surface area contributed by atoms with Gasteiger partial charge < -0.3 is 15.5 Å². The molecule has 0 aliphatic carbocycles. The molecule has 1 atom stereocenters. The maximum absolute atomic E-state index is 12.1. The van der Waals surface area contributed by atoms with Crippen molar-refractivity contribution >= 4 is 27.5 Å². The van der Waals surface area contributed by atoms with Gasteiger partial charge in [-0.25, -0.2) is 0 Å². The number of amides is 1. The zero-order valence-electron chi connectivity index (χ0n) is 14.3. The third kappa shape index (κ3) is 5.21. The Morgan fingerprint density at radius 1 is 1.25 bits per heavy atom. The van der Waals surface area contributed by atoms with E-state index < -0.39 is 0 Å². The molecule has 0 bridgehead atoms. The standard InChI is InChI=1S/C19H28BrN3O/c20-17-2-1-3-18(12-17)23-11-8-16(14-23)13-22-19(24)5-4-15-6-9-21-10-7-15/h1-3,12,15-16,21H,4-11,13-14H2,(H,22,24). The van der Waals surface area contributed by atoms with Gasteiger partial charge >= 0.3 is 0 Å². The number of hydrogen-bond donors (Lipinski definition) is 2. The van der Waals surface area contributed by atoms with E-state index in [4.69, 9.17) is 0 Å². The maximum Gasteiger partial charge on any atom is 0.220 e. The van der Waals surface area contributed by atoms with Gasteiger partial charge in [0.2, 0.25) is 5.91 Å². The van der Waals surface area contributed by atoms with Crippen molar-refractivity contribution in [3.63, 3.8) is 0 Å². The van der Waals surface area contributed by atoms with E-state index in [9.17, 15) is 4.79 Å². The quantitative estimate of drug-likeness (QED) is 0.779. The molecule has 2 saturated heterocycles. The van der Waals surface area contributed by atoms with Crippen LogP contribution in [0.15, 0.2) is 28.7 Å². The van der Waals surface area contributed by atoms with E-state index in [1.807, 2.05) is 0 Å². The van der Waals surface area contributed by atoms with Crippen LogP contribution in [0.4, 0.5) is 5.69 Å². The minimum Gasteiger partial charge on any atom is -0.371 e. The molecule has 0 aromatic heterocycles. The molecule has 2 heterocycles. The van der Waals surface area contributed by atoms with E-state index in [1.54, 1.807) is 0 Å². The Hall–Kier alpha value is -1.07. The van der Waals surface area contributed by atoms with E-state index in [0.717, 1.165) is 56.0 Å². The van der Waals surface area contributed by atoms with Gasteiger partial charge in [0.1, 0.15) is 0 Å². The SMILES string of the molecule is O=C(CCC1CCNCC1)NCC1CCN(c2cccc(Br)c2)C1. The lowest BCUT2D eigenvalue weighted by molar-refractivity contribution is -0.121. The predicted octanol–water partition coefficient (Wildman–Crippen LogP) is 3.17. The Bertz CT molecular complexity index is 545. The third-order valence-corrected chi connectivity index (χ3v) is 5.78. The van der Waals surface area contributed by atoms with Crippen LogP contribution in [-0.4, -0.2) is 38.6 Å². The van der Waals surface area contributed by atoms with E-state index in [1.165, 1.54) is 18.5 Å². The van der Waals surface area contributed by atoms with Gasteiger partial charge in [-0.2, -0.15) is 0 Å². The molecule has 2 aliphatic rings. The van der Waals surface area contributed by atoms with Crippen LogP contribution in [0.1, 0.15) is 32.1 Å². The average Bonchev–Trinajstić information content (AvgIpc) is 3.08. The number of hydrogen-bond acceptors (Lipinski definition) is 3. The second kappa shape index (κ2) is 8.86. The Balaban J connectivity index is 1.35. The van der Waals surface area contributed by atoms with E-state index in [2.05, 4.69) is 55.7 Å². The minimum atomic E-state index is 0.231. The van der Waals surface area contributed by atoms with Crippen LogP contribution in [-0.2, 0) is 4.79 Å². The fraction of sp³-hybridized carbons (Fsp3) is 0.632. The molecule has 4 nitrogen and oxygen atoms in total. The lowest BCUT2D eigenvalue weighted by atomic mass is 9.93. The number of carbonyl (C=O) groups is 1. The molecule has 1 unspecified atom stereocenters. The molecule has 3 rings (SSSR count). The molecular weight excluding hydrogens is 366 g/mol. The molecule has 24 heavy (non-hydrogen) atoms. The van der Waals surface area contributed by atoms with Crippen molar-refractivity contribution in [3.05, 3.63) is 28.7 Å². The first-order valence-corrected chi connectivity index (χ1v) is 9.98. The van der Waals surface area contributed by atoms with Gasteiger partial charge in [-0.1, -0.05) is 22.0 Å². The van der Waals surface area contributed by atoms with Crippen molar-refractivity contribution in [3.8, 4) is 0 Å². The van der Waals surface area contributed by atoms with Crippen LogP contribution in [0.5, 0.6) is 0 Å². The van der Waals surface area contributed by atoms with Crippen molar-refractivity contribution in [2.75, 3.05) is 37.6 Å². The first-order chi connectivity index (χ1) is 11.7. The zero-order valence-corrected chi connectivity index (χ0v) is 15.9. The summed E-state index contributed by atoms with van der Waals surface area (Å²) < 4.78 is 1.12. The lowest BCUT2D eigenvalue weighted by Crippen LogP contribution is -2.32. The molecule has 1 aromatic rings. The topological polar surface area (TPSA) is 44.4 Å². The summed E-state index contributed by atoms with van der Waals surface area (Å²) in [6, 6.07) is 8.46. The second-order valence-corrected chi connectivity index (χ2v) is 8.03. The Kier molecular flexibility index (Phi) is 6.55. The molecule has 5 heteroatoms. The fourth-order valence-electron chi connectivity index (χ4n) is 3.76. The van der Waals surface area contributed by atoms with Gasteiger partial charge in [-0.05, 0) is 68.8 Å². The van der Waals surface area contributed by atoms with Crippen LogP contribution in [0.25, 0.3) is 0 Å². The summed E-state index contributed by atoms with van der Waals surface area (Å²) in [7, 11) is 0. The lowest BCUT2D eigenvalue weighted by Gasteiger charge is -2.22. The zero-order chi connectivity index (χ0) is 16.8. The predicted molar refractivity (Wildman–Crippen MR) is 102 cm³/mol. The summed E-state index contributed by atoms with van der Waals surface area (Å²) in [6.07, 6.45) is 5.32. The number of rotatable bonds is 6. The molecule has 2 aliphatic heterocycles. The molecule has 0 spiro atoms. The smallest absolute Gasteiger partial charge is 0.220 e. The maximum atomic E-state index is 12.1. The van der Waals surface area contributed by atoms with Crippen LogP contribution < -0.4 is 15.5 Å². The molecule has 0 saturated carbocycles. The Morgan fingerprint density at radius 3 is 2.88 bits per heavy atom. The van der Waals surface area contributed by atoms with Crippen molar-refractivity contribution in [1.82, 2.24) is 10.6 Å². The van der Waals surface area contributed by atoms with Gasteiger partial charge in [0.25, 0.3) is 0 Å². The fourth-order valence-corrected chi connectivity index (χ4v) is 4.15. The van der Waals surface area contributed by atoms with Gasteiger partial charge in [0.15, 0.2) is 0 Å². The summed E-state index contributed by atoms with van der Waals surface area (Å²) >= 11 is 3.54. The normalized spacial score (nSPS) is 21.9. The minimum absolute atomic E-state index is 0.231. The first-order valence-electron chi connectivity index (χ1n) is 9.18. The molecule has 2 fully saturated rings. The molecule has 2 N–H and O–H groups in total. The van der Waals surface area contributed by atoms with Gasteiger partial charge in [-0.15, -0.1) is 0 Å². The van der Waals surface area contributed by atoms with Crippen LogP contribution in [0.3, 0.4) is 0 Å². The van der Waals surface area contributed by atoms with Gasteiger partial charge in [-0.3, -0.25) is 4.79 Å². The van der Waals surface area contributed by atoms with Crippen LogP contribution in [0, 0.1) is 11.8 Å². The Labute approximate surface area is 153 Å². The monoisotopic (exact) mass is 393 g/mol. The third-order valence-electron chi connectivity index (χ3n) is 5.29. The van der Waals surface area contributed by atoms with E-state index >= 15 is 0 Å². The summed E-state index contributed by atoms with van der Waals surface area (Å²) in [5, 5.41) is 6.53. The number of halogens is 1. The highest BCUT2D eigenvalue weighted by atomic mass is 79.9. The summed E-state index contributed by atoms with van der Waals surface area (Å²) in [5.74, 6) is 1.52. The highest BCUT2D eigenvalue weighted by molar-refractivity contribution is 9.10. The van der Waals surface area contributed by atoms with E-state index in [0.29, 0.717) is 12.3 Å². The molecule has 132 valence electrons. The summed E-state index contributed by atoms with van der Waals surface area (Å²) in [6.45, 7) is 5.15. The summed E-state index contributed by atoms with van der Waals surface area (Å²) in [5.41, 5.74) is 1.27. The largest absolute Gasteiger partial charge is 0.371 e. The van der Waals surface area contributed by atoms with Gasteiger partial charge in [0.05, 0.1) is 0 Å². The second-order valence-electron chi connectivity index (χ2n) is 7.12. The van der Waals surface area contributed by atoms with Crippen molar-refractivity contribution < 1.29 is 4.79 Å². The van der Waals surface area contributed by atoms with Crippen molar-refractivity contribution in [2.24, 2.45) is 11.8 Å². The highest BCUT2D eigenvalue weighted by Gasteiger charge is 2.23. The Morgan fingerprint density at radius 2 is 2.08 bits per heavy atom. The van der Waals surface area contributed by atoms with Crippen LogP contribution >= 0.6 is 15.9 Å². The molecule has 1 aromatic carbocycles. The molecule has 0 radical (unpaired) electrons. The first kappa shape index (κ1) is 17.7. The van der Waals surface area contributed by atoms with E-state index in [-0.39, 0.29) is 5.91 Å². The number of carbonyl (C=O) groups excluding carboxylic acids is 1. The van der Waals surface area contributed by atoms with Gasteiger partial charge in [0, 0.05) is 36.2 Å². The number of anilines is 1. The van der Waals surface area contributed by atoms with Crippen LogP contribution in [0.2, 0.25) is 0 Å². The number of nitrogens with one attached hydrogen (secondary N) is 2. The number of nitrogens with zero attached hydrogens (tertiary/aromatic N) is 1.